The minimum Gasteiger partial charge on any atom is -0.465 e. The van der Waals surface area contributed by atoms with Crippen molar-refractivity contribution in [3.05, 3.63) is 23.2 Å². The molecule has 0 spiro atoms. The van der Waals surface area contributed by atoms with Crippen molar-refractivity contribution in [1.29, 1.82) is 0 Å². The Balaban J connectivity index is 1.51. The van der Waals surface area contributed by atoms with Gasteiger partial charge < -0.3 is 14.1 Å². The van der Waals surface area contributed by atoms with Gasteiger partial charge in [-0.05, 0) is 58.2 Å². The topological polar surface area (TPSA) is 63.0 Å². The maximum Gasteiger partial charge on any atom is 0.341 e. The van der Waals surface area contributed by atoms with Gasteiger partial charge in [0.2, 0.25) is 5.91 Å². The molecule has 0 bridgehead atoms. The number of hydrogen-bond acceptors (Lipinski definition) is 5. The molecule has 3 heterocycles. The normalized spacial score (nSPS) is 19.8. The summed E-state index contributed by atoms with van der Waals surface area (Å²) in [7, 11) is 1.37. The van der Waals surface area contributed by atoms with Crippen LogP contribution in [0.3, 0.4) is 0 Å². The van der Waals surface area contributed by atoms with Crippen molar-refractivity contribution in [1.82, 2.24) is 9.80 Å². The summed E-state index contributed by atoms with van der Waals surface area (Å²) in [6.07, 6.45) is 5.34. The Labute approximate surface area is 149 Å². The molecule has 0 radical (unpaired) electrons. The van der Waals surface area contributed by atoms with Gasteiger partial charge in [0.15, 0.2) is 0 Å². The summed E-state index contributed by atoms with van der Waals surface area (Å²) in [5.41, 5.74) is 0.493. The fourth-order valence-electron chi connectivity index (χ4n) is 3.87. The molecule has 25 heavy (non-hydrogen) atoms. The fraction of sp³-hybridized carbons (Fsp3) is 0.684. The first-order valence-corrected chi connectivity index (χ1v) is 9.27. The Hall–Kier alpha value is -1.82. The van der Waals surface area contributed by atoms with Crippen LogP contribution in [0.15, 0.2) is 10.5 Å². The number of furan rings is 1. The minimum absolute atomic E-state index is 0.165. The number of rotatable bonds is 4. The zero-order chi connectivity index (χ0) is 17.8. The second kappa shape index (κ2) is 8.04. The molecule has 3 rings (SSSR count). The number of carbonyl (C=O) groups excluding carboxylic acids is 2. The molecule has 1 aromatic heterocycles. The van der Waals surface area contributed by atoms with E-state index in [-0.39, 0.29) is 11.9 Å². The van der Waals surface area contributed by atoms with E-state index in [4.69, 9.17) is 9.15 Å². The highest BCUT2D eigenvalue weighted by Gasteiger charge is 2.29. The summed E-state index contributed by atoms with van der Waals surface area (Å²) < 4.78 is 10.5. The van der Waals surface area contributed by atoms with Gasteiger partial charge in [0.25, 0.3) is 0 Å². The van der Waals surface area contributed by atoms with Gasteiger partial charge in [-0.15, -0.1) is 0 Å². The van der Waals surface area contributed by atoms with E-state index in [2.05, 4.69) is 9.80 Å². The van der Waals surface area contributed by atoms with Crippen molar-refractivity contribution in [2.75, 3.05) is 33.3 Å². The van der Waals surface area contributed by atoms with Crippen LogP contribution in [0.25, 0.3) is 0 Å². The number of methoxy groups -OCH3 is 1. The summed E-state index contributed by atoms with van der Waals surface area (Å²) in [5.74, 6) is 1.52. The van der Waals surface area contributed by atoms with Gasteiger partial charge in [-0.2, -0.15) is 0 Å². The van der Waals surface area contributed by atoms with Gasteiger partial charge in [0.05, 0.1) is 13.7 Å². The second-order valence-electron chi connectivity index (χ2n) is 7.11. The van der Waals surface area contributed by atoms with Gasteiger partial charge in [-0.25, -0.2) is 4.79 Å². The third kappa shape index (κ3) is 4.24. The third-order valence-corrected chi connectivity index (χ3v) is 5.36. The molecular formula is C19H28N2O4. The quantitative estimate of drug-likeness (QED) is 0.783. The van der Waals surface area contributed by atoms with Crippen molar-refractivity contribution in [2.24, 2.45) is 5.92 Å². The van der Waals surface area contributed by atoms with Crippen LogP contribution < -0.4 is 0 Å². The maximum absolute atomic E-state index is 12.6. The number of carbonyl (C=O) groups is 2. The molecule has 6 heteroatoms. The van der Waals surface area contributed by atoms with E-state index in [9.17, 15) is 9.59 Å². The molecule has 0 N–H and O–H groups in total. The Kier molecular flexibility index (Phi) is 5.78. The van der Waals surface area contributed by atoms with Crippen LogP contribution in [0.4, 0.5) is 0 Å². The van der Waals surface area contributed by atoms with Crippen molar-refractivity contribution in [3.63, 3.8) is 0 Å². The van der Waals surface area contributed by atoms with Crippen molar-refractivity contribution in [3.8, 4) is 0 Å². The summed E-state index contributed by atoms with van der Waals surface area (Å²) in [6, 6.07) is 1.77. The number of nitrogens with zero attached hydrogens (tertiary/aromatic N) is 2. The first kappa shape index (κ1) is 18.0. The molecule has 138 valence electrons. The zero-order valence-corrected chi connectivity index (χ0v) is 15.3. The molecule has 6 nitrogen and oxygen atoms in total. The summed E-state index contributed by atoms with van der Waals surface area (Å²) in [5, 5.41) is 0. The van der Waals surface area contributed by atoms with Gasteiger partial charge >= 0.3 is 5.97 Å². The average molecular weight is 348 g/mol. The molecule has 0 saturated carbocycles. The van der Waals surface area contributed by atoms with Gasteiger partial charge in [0, 0.05) is 19.0 Å². The third-order valence-electron chi connectivity index (χ3n) is 5.36. The fourth-order valence-corrected chi connectivity index (χ4v) is 3.87. The smallest absolute Gasteiger partial charge is 0.341 e. The van der Waals surface area contributed by atoms with E-state index in [0.29, 0.717) is 23.8 Å². The van der Waals surface area contributed by atoms with E-state index >= 15 is 0 Å². The molecule has 1 amide bonds. The first-order chi connectivity index (χ1) is 12.1. The Morgan fingerprint density at radius 1 is 1.16 bits per heavy atom. The van der Waals surface area contributed by atoms with Crippen molar-refractivity contribution < 1.29 is 18.7 Å². The highest BCUT2D eigenvalue weighted by molar-refractivity contribution is 5.90. The lowest BCUT2D eigenvalue weighted by molar-refractivity contribution is -0.138. The predicted molar refractivity (Wildman–Crippen MR) is 93.2 cm³/mol. The van der Waals surface area contributed by atoms with Crippen LogP contribution in [0, 0.1) is 12.8 Å². The molecule has 0 unspecified atom stereocenters. The first-order valence-electron chi connectivity index (χ1n) is 9.27. The molecular weight excluding hydrogens is 320 g/mol. The Bertz CT molecular complexity index is 611. The maximum atomic E-state index is 12.6. The lowest BCUT2D eigenvalue weighted by atomic mass is 9.94. The summed E-state index contributed by atoms with van der Waals surface area (Å²) >= 11 is 0. The van der Waals surface area contributed by atoms with Crippen molar-refractivity contribution in [2.45, 2.75) is 45.6 Å². The number of piperidine rings is 2. The highest BCUT2D eigenvalue weighted by atomic mass is 16.5. The van der Waals surface area contributed by atoms with Crippen LogP contribution >= 0.6 is 0 Å². The van der Waals surface area contributed by atoms with Gasteiger partial charge in [-0.1, -0.05) is 0 Å². The van der Waals surface area contributed by atoms with Crippen LogP contribution in [-0.4, -0.2) is 55.0 Å². The lowest BCUT2D eigenvalue weighted by Crippen LogP contribution is -2.44. The standard InChI is InChI=1S/C19H28N2O4/c1-14-17(19(23)24-2)12-16(25-14)13-20-10-6-15(7-11-20)18(22)21-8-4-3-5-9-21/h12,15H,3-11,13H2,1-2H3. The number of aryl methyl sites for hydroxylation is 1. The Morgan fingerprint density at radius 2 is 1.84 bits per heavy atom. The number of ether oxygens (including phenoxy) is 1. The molecule has 2 saturated heterocycles. The monoisotopic (exact) mass is 348 g/mol. The predicted octanol–water partition coefficient (Wildman–Crippen LogP) is 2.60. The molecule has 0 aromatic carbocycles. The van der Waals surface area contributed by atoms with Crippen LogP contribution in [0.1, 0.15) is 54.0 Å². The zero-order valence-electron chi connectivity index (χ0n) is 15.3. The van der Waals surface area contributed by atoms with Crippen LogP contribution in [0.2, 0.25) is 0 Å². The molecule has 1 aromatic rings. The highest BCUT2D eigenvalue weighted by Crippen LogP contribution is 2.24. The van der Waals surface area contributed by atoms with Gasteiger partial charge in [-0.3, -0.25) is 9.69 Å². The Morgan fingerprint density at radius 3 is 2.48 bits per heavy atom. The summed E-state index contributed by atoms with van der Waals surface area (Å²) in [4.78, 5) is 28.6. The number of likely N-dealkylation sites (tertiary alicyclic amines) is 2. The van der Waals surface area contributed by atoms with Crippen molar-refractivity contribution >= 4 is 11.9 Å². The van der Waals surface area contributed by atoms with Crippen LogP contribution in [0.5, 0.6) is 0 Å². The second-order valence-corrected chi connectivity index (χ2v) is 7.11. The van der Waals surface area contributed by atoms with E-state index in [1.54, 1.807) is 13.0 Å². The molecule has 0 aliphatic carbocycles. The molecule has 2 aliphatic rings. The summed E-state index contributed by atoms with van der Waals surface area (Å²) in [6.45, 7) is 6.08. The van der Waals surface area contributed by atoms with E-state index < -0.39 is 0 Å². The minimum atomic E-state index is -0.363. The molecule has 2 fully saturated rings. The van der Waals surface area contributed by atoms with Crippen LogP contribution in [-0.2, 0) is 16.1 Å². The number of amides is 1. The lowest BCUT2D eigenvalue weighted by Gasteiger charge is -2.35. The molecule has 0 atom stereocenters. The largest absolute Gasteiger partial charge is 0.465 e. The SMILES string of the molecule is COC(=O)c1cc(CN2CCC(C(=O)N3CCCCC3)CC2)oc1C. The van der Waals surface area contributed by atoms with E-state index in [0.717, 1.165) is 57.6 Å². The van der Waals surface area contributed by atoms with E-state index in [1.807, 2.05) is 0 Å². The van der Waals surface area contributed by atoms with Gasteiger partial charge in [0.1, 0.15) is 17.1 Å². The number of esters is 1. The molecule has 2 aliphatic heterocycles. The average Bonchev–Trinajstić information content (AvgIpc) is 3.02. The van der Waals surface area contributed by atoms with E-state index in [1.165, 1.54) is 13.5 Å². The number of hydrogen-bond donors (Lipinski definition) is 0.